The van der Waals surface area contributed by atoms with Crippen LogP contribution in [0.2, 0.25) is 0 Å². The fourth-order valence-electron chi connectivity index (χ4n) is 2.05. The molecule has 0 atom stereocenters. The van der Waals surface area contributed by atoms with E-state index in [-0.39, 0.29) is 12.3 Å². The molecular formula is C12H15N3O2. The molecule has 1 heterocycles. The number of nitrogen functional groups attached to an aromatic ring is 1. The van der Waals surface area contributed by atoms with Gasteiger partial charge in [0.1, 0.15) is 0 Å². The maximum Gasteiger partial charge on any atom is 0.227 e. The first-order chi connectivity index (χ1) is 8.08. The van der Waals surface area contributed by atoms with Gasteiger partial charge in [0, 0.05) is 30.8 Å². The average Bonchev–Trinajstić information content (AvgIpc) is 2.27. The molecule has 0 aromatic heterocycles. The molecule has 0 aliphatic carbocycles. The van der Waals surface area contributed by atoms with Gasteiger partial charge in [0.25, 0.3) is 0 Å². The van der Waals surface area contributed by atoms with Gasteiger partial charge in [0.15, 0.2) is 0 Å². The minimum atomic E-state index is -0.402. The quantitative estimate of drug-likeness (QED) is 0.741. The summed E-state index contributed by atoms with van der Waals surface area (Å²) < 4.78 is 0. The van der Waals surface area contributed by atoms with Crippen molar-refractivity contribution in [3.05, 3.63) is 23.8 Å². The van der Waals surface area contributed by atoms with Crippen LogP contribution in [-0.2, 0) is 16.0 Å². The minimum absolute atomic E-state index is 0.0310. The number of hydrogen-bond acceptors (Lipinski definition) is 3. The van der Waals surface area contributed by atoms with Crippen molar-refractivity contribution in [1.82, 2.24) is 0 Å². The van der Waals surface area contributed by atoms with Crippen LogP contribution in [0, 0.1) is 0 Å². The van der Waals surface area contributed by atoms with Gasteiger partial charge in [-0.15, -0.1) is 0 Å². The van der Waals surface area contributed by atoms with Crippen molar-refractivity contribution in [2.24, 2.45) is 5.73 Å². The molecule has 0 unspecified atom stereocenters. The molecule has 0 saturated heterocycles. The molecule has 4 N–H and O–H groups in total. The van der Waals surface area contributed by atoms with Gasteiger partial charge in [0.05, 0.1) is 0 Å². The molecule has 2 amide bonds. The third kappa shape index (κ3) is 2.38. The first-order valence-electron chi connectivity index (χ1n) is 5.55. The highest BCUT2D eigenvalue weighted by Gasteiger charge is 2.24. The highest BCUT2D eigenvalue weighted by Crippen LogP contribution is 2.29. The summed E-state index contributed by atoms with van der Waals surface area (Å²) in [4.78, 5) is 24.2. The molecule has 0 bridgehead atoms. The van der Waals surface area contributed by atoms with E-state index in [1.54, 1.807) is 11.0 Å². The third-order valence-electron chi connectivity index (χ3n) is 2.89. The number of aryl methyl sites for hydroxylation is 1. The first-order valence-corrected chi connectivity index (χ1v) is 5.55. The fraction of sp³-hybridized carbons (Fsp3) is 0.333. The molecule has 5 nitrogen and oxygen atoms in total. The van der Waals surface area contributed by atoms with Gasteiger partial charge in [-0.25, -0.2) is 0 Å². The standard InChI is InChI=1S/C12H15N3O2/c13-9-2-3-10-8(7-9)1-4-12(17)15(10)6-5-11(14)16/h2-3,7H,1,4-6,13H2,(H2,14,16). The lowest BCUT2D eigenvalue weighted by Crippen LogP contribution is -2.37. The maximum atomic E-state index is 11.8. The lowest BCUT2D eigenvalue weighted by Gasteiger charge is -2.29. The predicted octanol–water partition coefficient (Wildman–Crippen LogP) is 0.423. The van der Waals surface area contributed by atoms with E-state index in [1.807, 2.05) is 12.1 Å². The molecule has 0 radical (unpaired) electrons. The van der Waals surface area contributed by atoms with Crippen LogP contribution in [0.25, 0.3) is 0 Å². The number of hydrogen-bond donors (Lipinski definition) is 2. The average molecular weight is 233 g/mol. The number of anilines is 2. The van der Waals surface area contributed by atoms with E-state index in [4.69, 9.17) is 11.5 Å². The van der Waals surface area contributed by atoms with E-state index < -0.39 is 5.91 Å². The van der Waals surface area contributed by atoms with Crippen LogP contribution in [0.4, 0.5) is 11.4 Å². The molecule has 2 rings (SSSR count). The van der Waals surface area contributed by atoms with Crippen LogP contribution in [0.3, 0.4) is 0 Å². The van der Waals surface area contributed by atoms with Crippen LogP contribution in [0.15, 0.2) is 18.2 Å². The number of amides is 2. The molecule has 17 heavy (non-hydrogen) atoms. The number of fused-ring (bicyclic) bond motifs is 1. The molecular weight excluding hydrogens is 218 g/mol. The Morgan fingerprint density at radius 1 is 1.35 bits per heavy atom. The Labute approximate surface area is 99.4 Å². The van der Waals surface area contributed by atoms with Crippen molar-refractivity contribution in [3.63, 3.8) is 0 Å². The second-order valence-electron chi connectivity index (χ2n) is 4.15. The highest BCUT2D eigenvalue weighted by molar-refractivity contribution is 5.97. The largest absolute Gasteiger partial charge is 0.399 e. The predicted molar refractivity (Wildman–Crippen MR) is 65.3 cm³/mol. The Hall–Kier alpha value is -2.04. The number of rotatable bonds is 3. The van der Waals surface area contributed by atoms with Crippen molar-refractivity contribution >= 4 is 23.2 Å². The number of primary amides is 1. The van der Waals surface area contributed by atoms with Crippen molar-refractivity contribution < 1.29 is 9.59 Å². The molecule has 0 spiro atoms. The summed E-state index contributed by atoms with van der Waals surface area (Å²) in [6.45, 7) is 0.338. The van der Waals surface area contributed by atoms with Crippen molar-refractivity contribution in [2.75, 3.05) is 17.2 Å². The topological polar surface area (TPSA) is 89.4 Å². The zero-order valence-electron chi connectivity index (χ0n) is 9.48. The zero-order chi connectivity index (χ0) is 12.4. The SMILES string of the molecule is NC(=O)CCN1C(=O)CCc2cc(N)ccc21. The first kappa shape index (κ1) is 11.4. The van der Waals surface area contributed by atoms with Crippen molar-refractivity contribution in [2.45, 2.75) is 19.3 Å². The Bertz CT molecular complexity index is 471. The van der Waals surface area contributed by atoms with Gasteiger partial charge in [-0.3, -0.25) is 9.59 Å². The Balaban J connectivity index is 2.27. The van der Waals surface area contributed by atoms with Crippen molar-refractivity contribution in [1.29, 1.82) is 0 Å². The summed E-state index contributed by atoms with van der Waals surface area (Å²) in [7, 11) is 0. The molecule has 0 saturated carbocycles. The van der Waals surface area contributed by atoms with E-state index in [2.05, 4.69) is 0 Å². The van der Waals surface area contributed by atoms with Crippen LogP contribution in [0.1, 0.15) is 18.4 Å². The Morgan fingerprint density at radius 2 is 2.12 bits per heavy atom. The summed E-state index contributed by atoms with van der Waals surface area (Å²) in [6, 6.07) is 5.45. The van der Waals surface area contributed by atoms with E-state index in [0.717, 1.165) is 11.3 Å². The number of nitrogens with zero attached hydrogens (tertiary/aromatic N) is 1. The fourth-order valence-corrected chi connectivity index (χ4v) is 2.05. The molecule has 1 aliphatic rings. The van der Waals surface area contributed by atoms with Crippen LogP contribution < -0.4 is 16.4 Å². The highest BCUT2D eigenvalue weighted by atomic mass is 16.2. The summed E-state index contributed by atoms with van der Waals surface area (Å²) in [6.07, 6.45) is 1.33. The summed E-state index contributed by atoms with van der Waals surface area (Å²) >= 11 is 0. The molecule has 0 fully saturated rings. The second kappa shape index (κ2) is 4.45. The van der Waals surface area contributed by atoms with Gasteiger partial charge < -0.3 is 16.4 Å². The van der Waals surface area contributed by atoms with Crippen molar-refractivity contribution in [3.8, 4) is 0 Å². The summed E-state index contributed by atoms with van der Waals surface area (Å²) in [5, 5.41) is 0. The zero-order valence-corrected chi connectivity index (χ0v) is 9.48. The Kier molecular flexibility index (Phi) is 2.99. The normalized spacial score (nSPS) is 14.6. The monoisotopic (exact) mass is 233 g/mol. The number of carbonyl (C=O) groups excluding carboxylic acids is 2. The Morgan fingerprint density at radius 3 is 2.82 bits per heavy atom. The van der Waals surface area contributed by atoms with E-state index in [1.165, 1.54) is 0 Å². The number of nitrogens with two attached hydrogens (primary N) is 2. The van der Waals surface area contributed by atoms with Crippen LogP contribution in [-0.4, -0.2) is 18.4 Å². The van der Waals surface area contributed by atoms with Gasteiger partial charge in [0.2, 0.25) is 11.8 Å². The van der Waals surface area contributed by atoms with Gasteiger partial charge in [-0.1, -0.05) is 0 Å². The molecule has 1 aromatic carbocycles. The molecule has 90 valence electrons. The smallest absolute Gasteiger partial charge is 0.227 e. The number of benzene rings is 1. The van der Waals surface area contributed by atoms with E-state index in [9.17, 15) is 9.59 Å². The summed E-state index contributed by atoms with van der Waals surface area (Å²) in [5.41, 5.74) is 13.4. The van der Waals surface area contributed by atoms with Crippen LogP contribution in [0.5, 0.6) is 0 Å². The molecule has 5 heteroatoms. The van der Waals surface area contributed by atoms with Crippen LogP contribution >= 0.6 is 0 Å². The lowest BCUT2D eigenvalue weighted by molar-refractivity contribution is -0.119. The lowest BCUT2D eigenvalue weighted by atomic mass is 10.0. The summed E-state index contributed by atoms with van der Waals surface area (Å²) in [5.74, 6) is -0.371. The second-order valence-corrected chi connectivity index (χ2v) is 4.15. The van der Waals surface area contributed by atoms with Gasteiger partial charge in [-0.2, -0.15) is 0 Å². The number of carbonyl (C=O) groups is 2. The van der Waals surface area contributed by atoms with Gasteiger partial charge in [-0.05, 0) is 30.2 Å². The third-order valence-corrected chi connectivity index (χ3v) is 2.89. The maximum absolute atomic E-state index is 11.8. The minimum Gasteiger partial charge on any atom is -0.399 e. The van der Waals surface area contributed by atoms with Gasteiger partial charge >= 0.3 is 0 Å². The molecule has 1 aromatic rings. The van der Waals surface area contributed by atoms with E-state index >= 15 is 0 Å². The van der Waals surface area contributed by atoms with E-state index in [0.29, 0.717) is 25.1 Å². The molecule has 1 aliphatic heterocycles.